The first-order valence-electron chi connectivity index (χ1n) is 8.60. The van der Waals surface area contributed by atoms with Crippen LogP contribution in [0.3, 0.4) is 0 Å². The second-order valence-electron chi connectivity index (χ2n) is 6.06. The van der Waals surface area contributed by atoms with E-state index in [1.54, 1.807) is 18.2 Å². The lowest BCUT2D eigenvalue weighted by Gasteiger charge is -2.24. The number of rotatable bonds is 6. The van der Waals surface area contributed by atoms with Gasteiger partial charge >= 0.3 is 0 Å². The Hall–Kier alpha value is -1.94. The summed E-state index contributed by atoms with van der Waals surface area (Å²) in [6.45, 7) is 2.19. The predicted molar refractivity (Wildman–Crippen MR) is 108 cm³/mol. The maximum Gasteiger partial charge on any atom is 0.286 e. The van der Waals surface area contributed by atoms with Crippen LogP contribution in [0.2, 0.25) is 0 Å². The molecule has 0 saturated carbocycles. The van der Waals surface area contributed by atoms with Gasteiger partial charge in [-0.25, -0.2) is 0 Å². The first kappa shape index (κ1) is 18.8. The van der Waals surface area contributed by atoms with Crippen molar-refractivity contribution < 1.29 is 13.9 Å². The molecule has 134 valence electrons. The first-order valence-corrected chi connectivity index (χ1v) is 10.4. The molecular formula is C20H19NO3S2. The molecule has 0 bridgehead atoms. The van der Waals surface area contributed by atoms with Gasteiger partial charge in [-0.3, -0.25) is 9.59 Å². The SMILES string of the molecule is CCCCCCC#Cc1ccc2c3c(cccc13)C(=O)N(OSS)C2=O. The van der Waals surface area contributed by atoms with Gasteiger partial charge in [-0.1, -0.05) is 61.8 Å². The molecule has 1 heterocycles. The molecule has 4 nitrogen and oxygen atoms in total. The Morgan fingerprint density at radius 1 is 1.08 bits per heavy atom. The van der Waals surface area contributed by atoms with Crippen LogP contribution < -0.4 is 0 Å². The Bertz CT molecular complexity index is 892. The molecule has 1 aliphatic rings. The highest BCUT2D eigenvalue weighted by Gasteiger charge is 2.34. The lowest BCUT2D eigenvalue weighted by Crippen LogP contribution is -2.38. The summed E-state index contributed by atoms with van der Waals surface area (Å²) in [7, 11) is 0. The minimum Gasteiger partial charge on any atom is -0.266 e. The van der Waals surface area contributed by atoms with Crippen LogP contribution in [0.25, 0.3) is 10.8 Å². The fourth-order valence-corrected chi connectivity index (χ4v) is 3.48. The maximum absolute atomic E-state index is 12.6. The minimum atomic E-state index is -0.487. The second kappa shape index (κ2) is 8.63. The molecule has 0 N–H and O–H groups in total. The van der Waals surface area contributed by atoms with E-state index in [1.165, 1.54) is 19.3 Å². The van der Waals surface area contributed by atoms with Crippen molar-refractivity contribution in [3.8, 4) is 11.8 Å². The molecule has 2 aromatic rings. The number of unbranched alkanes of at least 4 members (excludes halogenated alkanes) is 4. The van der Waals surface area contributed by atoms with Crippen molar-refractivity contribution >= 4 is 45.3 Å². The second-order valence-corrected chi connectivity index (χ2v) is 6.80. The topological polar surface area (TPSA) is 46.6 Å². The molecular weight excluding hydrogens is 366 g/mol. The molecule has 0 spiro atoms. The van der Waals surface area contributed by atoms with Crippen molar-refractivity contribution in [2.45, 2.75) is 39.0 Å². The van der Waals surface area contributed by atoms with Gasteiger partial charge in [0, 0.05) is 17.4 Å². The largest absolute Gasteiger partial charge is 0.286 e. The lowest BCUT2D eigenvalue weighted by atomic mass is 9.92. The maximum atomic E-state index is 12.6. The van der Waals surface area contributed by atoms with E-state index in [-0.39, 0.29) is 0 Å². The molecule has 2 amide bonds. The van der Waals surface area contributed by atoms with Crippen molar-refractivity contribution in [2.24, 2.45) is 0 Å². The van der Waals surface area contributed by atoms with E-state index in [0.29, 0.717) is 27.6 Å². The summed E-state index contributed by atoms with van der Waals surface area (Å²) in [6, 6.07) is 8.94. The van der Waals surface area contributed by atoms with Crippen molar-refractivity contribution in [1.29, 1.82) is 0 Å². The Labute approximate surface area is 162 Å². The molecule has 0 saturated heterocycles. The summed E-state index contributed by atoms with van der Waals surface area (Å²) >= 11 is 4.52. The van der Waals surface area contributed by atoms with Crippen LogP contribution >= 0.6 is 22.7 Å². The molecule has 0 radical (unpaired) electrons. The Morgan fingerprint density at radius 3 is 2.58 bits per heavy atom. The zero-order valence-corrected chi connectivity index (χ0v) is 16.2. The molecule has 1 aliphatic heterocycles. The van der Waals surface area contributed by atoms with Gasteiger partial charge in [0.05, 0.1) is 22.2 Å². The van der Waals surface area contributed by atoms with Gasteiger partial charge in [0.15, 0.2) is 0 Å². The van der Waals surface area contributed by atoms with Crippen LogP contribution in [0.4, 0.5) is 0 Å². The normalized spacial score (nSPS) is 13.1. The summed E-state index contributed by atoms with van der Waals surface area (Å²) in [4.78, 5) is 25.1. The van der Waals surface area contributed by atoms with Crippen molar-refractivity contribution in [3.05, 3.63) is 47.0 Å². The average molecular weight is 386 g/mol. The number of carbonyl (C=O) groups is 2. The third kappa shape index (κ3) is 3.61. The van der Waals surface area contributed by atoms with E-state index in [9.17, 15) is 9.59 Å². The monoisotopic (exact) mass is 385 g/mol. The molecule has 0 atom stereocenters. The molecule has 26 heavy (non-hydrogen) atoms. The van der Waals surface area contributed by atoms with E-state index in [2.05, 4.69) is 30.4 Å². The summed E-state index contributed by atoms with van der Waals surface area (Å²) in [5.74, 6) is 5.44. The van der Waals surface area contributed by atoms with Crippen LogP contribution in [0.1, 0.15) is 65.3 Å². The van der Waals surface area contributed by atoms with E-state index in [4.69, 9.17) is 4.28 Å². The molecule has 3 rings (SSSR count). The fourth-order valence-electron chi connectivity index (χ4n) is 3.08. The number of hydrogen-bond donors (Lipinski definition) is 1. The van der Waals surface area contributed by atoms with Gasteiger partial charge in [0.25, 0.3) is 11.8 Å². The zero-order valence-electron chi connectivity index (χ0n) is 14.4. The molecule has 0 aliphatic carbocycles. The molecule has 0 fully saturated rings. The van der Waals surface area contributed by atoms with Crippen LogP contribution in [0.5, 0.6) is 0 Å². The van der Waals surface area contributed by atoms with E-state index >= 15 is 0 Å². The number of hydroxylamine groups is 2. The van der Waals surface area contributed by atoms with Crippen molar-refractivity contribution in [3.63, 3.8) is 0 Å². The number of hydrogen-bond acceptors (Lipinski definition) is 5. The third-order valence-electron chi connectivity index (χ3n) is 4.36. The fraction of sp³-hybridized carbons (Fsp3) is 0.300. The quantitative estimate of drug-likeness (QED) is 0.186. The van der Waals surface area contributed by atoms with Crippen molar-refractivity contribution in [1.82, 2.24) is 5.06 Å². The standard InChI is InChI=1S/C20H19NO3S2/c1-2-3-4-5-6-7-9-14-12-13-17-18-15(14)10-8-11-16(18)19(22)21(20(17)23)24-26-25/h8,10-13,25H,2-6H2,1H3. The van der Waals surface area contributed by atoms with E-state index in [0.717, 1.165) is 28.9 Å². The highest BCUT2D eigenvalue weighted by Crippen LogP contribution is 2.33. The van der Waals surface area contributed by atoms with Gasteiger partial charge in [-0.15, -0.1) is 5.06 Å². The number of nitrogens with zero attached hydrogens (tertiary/aromatic N) is 1. The van der Waals surface area contributed by atoms with Crippen LogP contribution in [0, 0.1) is 11.8 Å². The highest BCUT2D eigenvalue weighted by molar-refractivity contribution is 8.66. The predicted octanol–water partition coefficient (Wildman–Crippen LogP) is 5.18. The van der Waals surface area contributed by atoms with Crippen LogP contribution in [0.15, 0.2) is 30.3 Å². The van der Waals surface area contributed by atoms with E-state index in [1.807, 2.05) is 12.1 Å². The highest BCUT2D eigenvalue weighted by atomic mass is 33.1. The van der Waals surface area contributed by atoms with Crippen LogP contribution in [-0.4, -0.2) is 16.9 Å². The number of amides is 2. The third-order valence-corrected chi connectivity index (χ3v) is 4.77. The van der Waals surface area contributed by atoms with Crippen LogP contribution in [-0.2, 0) is 4.28 Å². The molecule has 0 aromatic heterocycles. The first-order chi connectivity index (χ1) is 12.7. The zero-order chi connectivity index (χ0) is 18.5. The number of thiol groups is 1. The summed E-state index contributed by atoms with van der Waals surface area (Å²) in [5.41, 5.74) is 1.71. The van der Waals surface area contributed by atoms with Gasteiger partial charge in [-0.05, 0) is 30.0 Å². The Kier molecular flexibility index (Phi) is 6.25. The Morgan fingerprint density at radius 2 is 1.85 bits per heavy atom. The number of imide groups is 1. The van der Waals surface area contributed by atoms with E-state index < -0.39 is 11.8 Å². The summed E-state index contributed by atoms with van der Waals surface area (Å²) in [5, 5.41) is 2.21. The van der Waals surface area contributed by atoms with Gasteiger partial charge in [-0.2, -0.15) is 4.28 Å². The molecule has 2 aromatic carbocycles. The average Bonchev–Trinajstić information content (AvgIpc) is 2.66. The smallest absolute Gasteiger partial charge is 0.266 e. The van der Waals surface area contributed by atoms with Gasteiger partial charge in [0.1, 0.15) is 0 Å². The van der Waals surface area contributed by atoms with Crippen molar-refractivity contribution in [2.75, 3.05) is 0 Å². The number of carbonyl (C=O) groups excluding carboxylic acids is 2. The molecule has 0 unspecified atom stereocenters. The molecule has 6 heteroatoms. The summed E-state index contributed by atoms with van der Waals surface area (Å²) in [6.07, 6.45) is 5.57. The van der Waals surface area contributed by atoms with Gasteiger partial charge in [0.2, 0.25) is 0 Å². The Balaban J connectivity index is 1.97. The lowest BCUT2D eigenvalue weighted by molar-refractivity contribution is -0.00635. The number of benzene rings is 2. The summed E-state index contributed by atoms with van der Waals surface area (Å²) < 4.78 is 5.02. The van der Waals surface area contributed by atoms with Gasteiger partial charge < -0.3 is 0 Å². The minimum absolute atomic E-state index is 0.436.